The third-order valence-electron chi connectivity index (χ3n) is 1.92. The Kier molecular flexibility index (Phi) is 5.03. The van der Waals surface area contributed by atoms with Gasteiger partial charge in [-0.1, -0.05) is 17.7 Å². The molecule has 15 heavy (non-hydrogen) atoms. The number of ether oxygens (including phenoxy) is 1. The van der Waals surface area contributed by atoms with Crippen LogP contribution < -0.4 is 10.5 Å². The molecule has 0 aromatic heterocycles. The van der Waals surface area contributed by atoms with Gasteiger partial charge in [-0.05, 0) is 24.6 Å². The quantitative estimate of drug-likeness (QED) is 0.779. The first-order chi connectivity index (χ1) is 7.22. The molecule has 0 heterocycles. The molecule has 0 saturated carbocycles. The molecule has 0 aliphatic heterocycles. The molecule has 1 rings (SSSR count). The number of hydrogen-bond acceptors (Lipinski definition) is 2. The summed E-state index contributed by atoms with van der Waals surface area (Å²) in [5, 5.41) is 0.657. The van der Waals surface area contributed by atoms with Gasteiger partial charge >= 0.3 is 0 Å². The van der Waals surface area contributed by atoms with Gasteiger partial charge in [-0.3, -0.25) is 0 Å². The van der Waals surface area contributed by atoms with E-state index in [1.54, 1.807) is 12.1 Å². The minimum atomic E-state index is -0.0277. The standard InChI is InChI=1S/C12H14ClNO/c1-2-3-6-11(14)9-15-12-7-4-5-10(13)8-12/h1,4-5,7-8,11H,3,6,9,14H2. The predicted molar refractivity (Wildman–Crippen MR) is 63.0 cm³/mol. The maximum absolute atomic E-state index is 5.81. The average molecular weight is 224 g/mol. The summed E-state index contributed by atoms with van der Waals surface area (Å²) < 4.78 is 5.47. The molecule has 0 aliphatic rings. The number of terminal acetylenes is 1. The van der Waals surface area contributed by atoms with Gasteiger partial charge < -0.3 is 10.5 Å². The van der Waals surface area contributed by atoms with Crippen LogP contribution >= 0.6 is 11.6 Å². The van der Waals surface area contributed by atoms with Gasteiger partial charge in [0.25, 0.3) is 0 Å². The van der Waals surface area contributed by atoms with E-state index in [1.165, 1.54) is 0 Å². The molecular formula is C12H14ClNO. The van der Waals surface area contributed by atoms with E-state index >= 15 is 0 Å². The van der Waals surface area contributed by atoms with Gasteiger partial charge in [0.2, 0.25) is 0 Å². The van der Waals surface area contributed by atoms with E-state index in [9.17, 15) is 0 Å². The summed E-state index contributed by atoms with van der Waals surface area (Å²) in [7, 11) is 0. The summed E-state index contributed by atoms with van der Waals surface area (Å²) in [6.45, 7) is 0.460. The second-order valence-corrected chi connectivity index (χ2v) is 3.71. The van der Waals surface area contributed by atoms with E-state index in [2.05, 4.69) is 5.92 Å². The molecule has 1 unspecified atom stereocenters. The second-order valence-electron chi connectivity index (χ2n) is 3.27. The Balaban J connectivity index is 2.34. The SMILES string of the molecule is C#CCCC(N)COc1cccc(Cl)c1. The van der Waals surface area contributed by atoms with Crippen LogP contribution in [0.4, 0.5) is 0 Å². The Morgan fingerprint density at radius 2 is 2.33 bits per heavy atom. The molecule has 0 amide bonds. The van der Waals surface area contributed by atoms with Crippen molar-refractivity contribution in [2.75, 3.05) is 6.61 Å². The van der Waals surface area contributed by atoms with Crippen LogP contribution in [-0.4, -0.2) is 12.6 Å². The third-order valence-corrected chi connectivity index (χ3v) is 2.15. The van der Waals surface area contributed by atoms with Gasteiger partial charge in [0.05, 0.1) is 0 Å². The van der Waals surface area contributed by atoms with Crippen LogP contribution in [0.15, 0.2) is 24.3 Å². The van der Waals surface area contributed by atoms with Crippen molar-refractivity contribution >= 4 is 11.6 Å². The number of benzene rings is 1. The van der Waals surface area contributed by atoms with Crippen molar-refractivity contribution in [3.05, 3.63) is 29.3 Å². The highest BCUT2D eigenvalue weighted by atomic mass is 35.5. The lowest BCUT2D eigenvalue weighted by atomic mass is 10.2. The van der Waals surface area contributed by atoms with Crippen molar-refractivity contribution in [3.8, 4) is 18.1 Å². The van der Waals surface area contributed by atoms with E-state index < -0.39 is 0 Å². The summed E-state index contributed by atoms with van der Waals surface area (Å²) in [5.41, 5.74) is 5.79. The van der Waals surface area contributed by atoms with Crippen LogP contribution in [0.25, 0.3) is 0 Å². The Morgan fingerprint density at radius 3 is 3.00 bits per heavy atom. The first-order valence-corrected chi connectivity index (χ1v) is 5.17. The van der Waals surface area contributed by atoms with Crippen molar-refractivity contribution in [1.82, 2.24) is 0 Å². The summed E-state index contributed by atoms with van der Waals surface area (Å²) >= 11 is 5.81. The minimum Gasteiger partial charge on any atom is -0.492 e. The molecule has 0 spiro atoms. The third kappa shape index (κ3) is 4.73. The lowest BCUT2D eigenvalue weighted by Gasteiger charge is -2.11. The number of rotatable bonds is 5. The smallest absolute Gasteiger partial charge is 0.120 e. The molecule has 0 aliphatic carbocycles. The topological polar surface area (TPSA) is 35.2 Å². The Labute approximate surface area is 95.4 Å². The molecule has 0 saturated heterocycles. The van der Waals surface area contributed by atoms with Gasteiger partial charge in [0.1, 0.15) is 12.4 Å². The highest BCUT2D eigenvalue weighted by molar-refractivity contribution is 6.30. The fourth-order valence-corrected chi connectivity index (χ4v) is 1.29. The van der Waals surface area contributed by atoms with Crippen molar-refractivity contribution in [2.45, 2.75) is 18.9 Å². The molecule has 0 bridgehead atoms. The molecule has 2 nitrogen and oxygen atoms in total. The van der Waals surface area contributed by atoms with Crippen LogP contribution in [0, 0.1) is 12.3 Å². The lowest BCUT2D eigenvalue weighted by molar-refractivity contribution is 0.283. The fraction of sp³-hybridized carbons (Fsp3) is 0.333. The van der Waals surface area contributed by atoms with E-state index in [-0.39, 0.29) is 6.04 Å². The maximum Gasteiger partial charge on any atom is 0.120 e. The number of halogens is 1. The fourth-order valence-electron chi connectivity index (χ4n) is 1.11. The Morgan fingerprint density at radius 1 is 1.53 bits per heavy atom. The van der Waals surface area contributed by atoms with Gasteiger partial charge in [0, 0.05) is 17.5 Å². The molecule has 2 N–H and O–H groups in total. The first-order valence-electron chi connectivity index (χ1n) is 4.80. The molecule has 1 aromatic carbocycles. The van der Waals surface area contributed by atoms with Gasteiger partial charge in [-0.2, -0.15) is 0 Å². The molecule has 0 radical (unpaired) electrons. The van der Waals surface area contributed by atoms with E-state index in [0.29, 0.717) is 18.1 Å². The normalized spacial score (nSPS) is 11.8. The zero-order valence-electron chi connectivity index (χ0n) is 8.45. The van der Waals surface area contributed by atoms with Crippen molar-refractivity contribution in [1.29, 1.82) is 0 Å². The van der Waals surface area contributed by atoms with Crippen LogP contribution in [0.1, 0.15) is 12.8 Å². The zero-order chi connectivity index (χ0) is 11.1. The van der Waals surface area contributed by atoms with Crippen LogP contribution in [-0.2, 0) is 0 Å². The van der Waals surface area contributed by atoms with Crippen LogP contribution in [0.5, 0.6) is 5.75 Å². The number of hydrogen-bond donors (Lipinski definition) is 1. The van der Waals surface area contributed by atoms with Gasteiger partial charge in [-0.25, -0.2) is 0 Å². The molecule has 0 fully saturated rings. The molecular weight excluding hydrogens is 210 g/mol. The summed E-state index contributed by atoms with van der Waals surface area (Å²) in [4.78, 5) is 0. The molecule has 80 valence electrons. The minimum absolute atomic E-state index is 0.0277. The van der Waals surface area contributed by atoms with Crippen LogP contribution in [0.2, 0.25) is 5.02 Å². The van der Waals surface area contributed by atoms with E-state index in [4.69, 9.17) is 28.5 Å². The molecule has 1 aromatic rings. The second kappa shape index (κ2) is 6.34. The zero-order valence-corrected chi connectivity index (χ0v) is 9.20. The van der Waals surface area contributed by atoms with Gasteiger partial charge in [-0.15, -0.1) is 12.3 Å². The van der Waals surface area contributed by atoms with Crippen molar-refractivity contribution in [2.24, 2.45) is 5.73 Å². The van der Waals surface area contributed by atoms with Crippen LogP contribution in [0.3, 0.4) is 0 Å². The van der Waals surface area contributed by atoms with Crippen molar-refractivity contribution in [3.63, 3.8) is 0 Å². The largest absolute Gasteiger partial charge is 0.492 e. The molecule has 3 heteroatoms. The maximum atomic E-state index is 5.81. The summed E-state index contributed by atoms with van der Waals surface area (Å²) in [6.07, 6.45) is 6.60. The summed E-state index contributed by atoms with van der Waals surface area (Å²) in [6, 6.07) is 7.21. The monoisotopic (exact) mass is 223 g/mol. The molecule has 1 atom stereocenters. The first kappa shape index (κ1) is 11.9. The predicted octanol–water partition coefficient (Wildman–Crippen LogP) is 2.46. The van der Waals surface area contributed by atoms with Gasteiger partial charge in [0.15, 0.2) is 0 Å². The Hall–Kier alpha value is -1.17. The highest BCUT2D eigenvalue weighted by Crippen LogP contribution is 2.17. The van der Waals surface area contributed by atoms with Crippen molar-refractivity contribution < 1.29 is 4.74 Å². The lowest BCUT2D eigenvalue weighted by Crippen LogP contribution is -2.27. The average Bonchev–Trinajstić information content (AvgIpc) is 2.23. The number of nitrogens with two attached hydrogens (primary N) is 1. The van der Waals surface area contributed by atoms with E-state index in [0.717, 1.165) is 12.2 Å². The van der Waals surface area contributed by atoms with E-state index in [1.807, 2.05) is 12.1 Å². The Bertz CT molecular complexity index is 346. The summed E-state index contributed by atoms with van der Waals surface area (Å²) in [5.74, 6) is 3.28. The highest BCUT2D eigenvalue weighted by Gasteiger charge is 2.02.